The van der Waals surface area contributed by atoms with Crippen LogP contribution in [0, 0.1) is 18.8 Å². The van der Waals surface area contributed by atoms with Crippen LogP contribution in [0.25, 0.3) is 0 Å². The van der Waals surface area contributed by atoms with E-state index in [-0.39, 0.29) is 11.6 Å². The minimum atomic E-state index is -3.44. The molecule has 5 heteroatoms. The monoisotopic (exact) mass is 321 g/mol. The van der Waals surface area contributed by atoms with E-state index in [1.807, 2.05) is 19.1 Å². The van der Waals surface area contributed by atoms with Gasteiger partial charge < -0.3 is 4.74 Å². The molecule has 0 radical (unpaired) electrons. The number of aryl methyl sites for hydroxylation is 1. The highest BCUT2D eigenvalue weighted by atomic mass is 32.2. The molecule has 1 aromatic rings. The molecule has 1 aromatic carbocycles. The molecule has 1 saturated heterocycles. The summed E-state index contributed by atoms with van der Waals surface area (Å²) < 4.78 is 33.2. The van der Waals surface area contributed by atoms with Crippen molar-refractivity contribution in [3.63, 3.8) is 0 Å². The van der Waals surface area contributed by atoms with Crippen LogP contribution in [-0.4, -0.2) is 38.0 Å². The molecule has 2 saturated carbocycles. The van der Waals surface area contributed by atoms with Crippen molar-refractivity contribution in [2.75, 3.05) is 13.7 Å². The van der Waals surface area contributed by atoms with Gasteiger partial charge >= 0.3 is 0 Å². The van der Waals surface area contributed by atoms with E-state index in [1.165, 1.54) is 19.3 Å². The fourth-order valence-corrected chi connectivity index (χ4v) is 6.13. The second kappa shape index (κ2) is 4.79. The first-order valence-corrected chi connectivity index (χ1v) is 9.59. The molecule has 1 heterocycles. The Labute approximate surface area is 132 Å². The summed E-state index contributed by atoms with van der Waals surface area (Å²) >= 11 is 0. The summed E-state index contributed by atoms with van der Waals surface area (Å²) in [6.45, 7) is 2.69. The molecule has 4 nitrogen and oxygen atoms in total. The molecule has 3 fully saturated rings. The quantitative estimate of drug-likeness (QED) is 0.804. The zero-order valence-electron chi connectivity index (χ0n) is 13.2. The van der Waals surface area contributed by atoms with E-state index >= 15 is 0 Å². The smallest absolute Gasteiger partial charge is 0.243 e. The van der Waals surface area contributed by atoms with E-state index in [0.717, 1.165) is 18.6 Å². The van der Waals surface area contributed by atoms with Gasteiger partial charge in [0.1, 0.15) is 5.60 Å². The topological polar surface area (TPSA) is 49.9 Å². The Hall–Kier alpha value is -0.910. The van der Waals surface area contributed by atoms with Crippen LogP contribution in [0.3, 0.4) is 0 Å². The van der Waals surface area contributed by atoms with Gasteiger partial charge in [-0.1, -0.05) is 30.5 Å². The lowest BCUT2D eigenvalue weighted by Crippen LogP contribution is -2.67. The molecule has 0 bridgehead atoms. The van der Waals surface area contributed by atoms with Crippen LogP contribution in [0.4, 0.5) is 0 Å². The highest BCUT2D eigenvalue weighted by Crippen LogP contribution is 2.62. The fourth-order valence-electron chi connectivity index (χ4n) is 4.68. The second-order valence-electron chi connectivity index (χ2n) is 7.08. The van der Waals surface area contributed by atoms with Crippen molar-refractivity contribution in [1.82, 2.24) is 4.31 Å². The molecular formula is C17H23NO3S. The summed E-state index contributed by atoms with van der Waals surface area (Å²) in [5, 5.41) is 0. The first-order chi connectivity index (χ1) is 10.5. The van der Waals surface area contributed by atoms with Gasteiger partial charge in [-0.05, 0) is 43.7 Å². The molecular weight excluding hydrogens is 298 g/mol. The third-order valence-corrected chi connectivity index (χ3v) is 7.77. The zero-order valence-corrected chi connectivity index (χ0v) is 14.0. The number of benzene rings is 1. The molecule has 22 heavy (non-hydrogen) atoms. The van der Waals surface area contributed by atoms with Crippen LogP contribution in [0.1, 0.15) is 31.2 Å². The third-order valence-electron chi connectivity index (χ3n) is 5.92. The lowest BCUT2D eigenvalue weighted by molar-refractivity contribution is -0.0730. The Kier molecular flexibility index (Phi) is 3.19. The molecule has 0 aromatic heterocycles. The summed E-state index contributed by atoms with van der Waals surface area (Å²) in [7, 11) is -1.71. The number of nitrogens with zero attached hydrogens (tertiary/aromatic N) is 1. The van der Waals surface area contributed by atoms with Crippen LogP contribution >= 0.6 is 0 Å². The Balaban J connectivity index is 1.63. The van der Waals surface area contributed by atoms with Gasteiger partial charge in [-0.3, -0.25) is 0 Å². The molecule has 0 amide bonds. The van der Waals surface area contributed by atoms with Crippen molar-refractivity contribution in [3.8, 4) is 0 Å². The van der Waals surface area contributed by atoms with Gasteiger partial charge in [-0.15, -0.1) is 0 Å². The molecule has 4 rings (SSSR count). The van der Waals surface area contributed by atoms with Gasteiger partial charge in [0, 0.05) is 7.05 Å². The van der Waals surface area contributed by atoms with Crippen molar-refractivity contribution < 1.29 is 13.2 Å². The normalized spacial score (nSPS) is 37.0. The number of hydrogen-bond acceptors (Lipinski definition) is 3. The van der Waals surface area contributed by atoms with E-state index in [4.69, 9.17) is 4.74 Å². The number of likely N-dealkylation sites (N-methyl/N-ethyl adjacent to an activating group) is 1. The Morgan fingerprint density at radius 3 is 2.45 bits per heavy atom. The van der Waals surface area contributed by atoms with E-state index < -0.39 is 10.0 Å². The number of ether oxygens (including phenoxy) is 1. The molecule has 0 N–H and O–H groups in total. The van der Waals surface area contributed by atoms with Crippen LogP contribution in [-0.2, 0) is 14.8 Å². The predicted molar refractivity (Wildman–Crippen MR) is 84.0 cm³/mol. The maximum absolute atomic E-state index is 12.9. The molecule has 1 aliphatic heterocycles. The number of epoxide rings is 1. The maximum atomic E-state index is 12.9. The molecule has 4 atom stereocenters. The summed E-state index contributed by atoms with van der Waals surface area (Å²) in [5.74, 6) is 1.04. The standard InChI is InChI=1S/C17H23NO3S/c1-12-7-9-13(10-8-12)22(19,20)18(2)16-14-5-3-4-6-15(14)17(16)11-21-17/h7-10,14-16H,3-6,11H2,1-2H3/t14-,15+,16+,17+/m1/s1. The van der Waals surface area contributed by atoms with Crippen molar-refractivity contribution in [2.24, 2.45) is 11.8 Å². The summed E-state index contributed by atoms with van der Waals surface area (Å²) in [5.41, 5.74) is 0.900. The first kappa shape index (κ1) is 14.7. The van der Waals surface area contributed by atoms with Gasteiger partial charge in [0.2, 0.25) is 10.0 Å². The summed E-state index contributed by atoms with van der Waals surface area (Å²) in [6.07, 6.45) is 4.80. The Morgan fingerprint density at radius 1 is 1.18 bits per heavy atom. The lowest BCUT2D eigenvalue weighted by Gasteiger charge is -2.55. The van der Waals surface area contributed by atoms with Gasteiger partial charge in [0.15, 0.2) is 0 Å². The number of rotatable bonds is 3. The number of fused-ring (bicyclic) bond motifs is 2. The summed E-state index contributed by atoms with van der Waals surface area (Å²) in [4.78, 5) is 0.385. The van der Waals surface area contributed by atoms with Gasteiger partial charge in [-0.2, -0.15) is 4.31 Å². The molecule has 0 unspecified atom stereocenters. The SMILES string of the molecule is Cc1ccc(S(=O)(=O)N(C)[C@H]2[C@@H]3CCCC[C@@H]3[C@@]23CO3)cc1. The Morgan fingerprint density at radius 2 is 1.82 bits per heavy atom. The first-order valence-electron chi connectivity index (χ1n) is 8.15. The average Bonchev–Trinajstić information content (AvgIpc) is 3.30. The summed E-state index contributed by atoms with van der Waals surface area (Å²) in [6, 6.07) is 7.14. The van der Waals surface area contributed by atoms with Crippen molar-refractivity contribution in [3.05, 3.63) is 29.8 Å². The lowest BCUT2D eigenvalue weighted by atomic mass is 9.55. The molecule has 1 spiro atoms. The van der Waals surface area contributed by atoms with Crippen LogP contribution in [0.15, 0.2) is 29.2 Å². The predicted octanol–water partition coefficient (Wildman–Crippen LogP) is 2.57. The second-order valence-corrected chi connectivity index (χ2v) is 9.08. The van der Waals surface area contributed by atoms with Crippen LogP contribution in [0.2, 0.25) is 0 Å². The van der Waals surface area contributed by atoms with Crippen molar-refractivity contribution >= 4 is 10.0 Å². The zero-order chi connectivity index (χ0) is 15.5. The average molecular weight is 321 g/mol. The molecule has 3 aliphatic rings. The van der Waals surface area contributed by atoms with Crippen LogP contribution < -0.4 is 0 Å². The van der Waals surface area contributed by atoms with Crippen LogP contribution in [0.5, 0.6) is 0 Å². The Bertz CT molecular complexity index is 678. The van der Waals surface area contributed by atoms with Gasteiger partial charge in [-0.25, -0.2) is 8.42 Å². The van der Waals surface area contributed by atoms with Gasteiger partial charge in [0.25, 0.3) is 0 Å². The maximum Gasteiger partial charge on any atom is 0.243 e. The van der Waals surface area contributed by atoms with Crippen molar-refractivity contribution in [2.45, 2.75) is 49.1 Å². The molecule has 2 aliphatic carbocycles. The number of hydrogen-bond donors (Lipinski definition) is 0. The van der Waals surface area contributed by atoms with Gasteiger partial charge in [0.05, 0.1) is 17.5 Å². The third kappa shape index (κ3) is 1.92. The van der Waals surface area contributed by atoms with Crippen molar-refractivity contribution in [1.29, 1.82) is 0 Å². The highest BCUT2D eigenvalue weighted by molar-refractivity contribution is 7.89. The van der Waals surface area contributed by atoms with E-state index in [1.54, 1.807) is 23.5 Å². The number of sulfonamides is 1. The molecule has 120 valence electrons. The minimum Gasteiger partial charge on any atom is -0.368 e. The largest absolute Gasteiger partial charge is 0.368 e. The minimum absolute atomic E-state index is 0.0177. The van der Waals surface area contributed by atoms with E-state index in [0.29, 0.717) is 16.7 Å². The van der Waals surface area contributed by atoms with E-state index in [9.17, 15) is 8.42 Å². The van der Waals surface area contributed by atoms with E-state index in [2.05, 4.69) is 0 Å². The highest BCUT2D eigenvalue weighted by Gasteiger charge is 2.72. The fraction of sp³-hybridized carbons (Fsp3) is 0.647.